The van der Waals surface area contributed by atoms with Gasteiger partial charge < -0.3 is 19.7 Å². The Morgan fingerprint density at radius 1 is 1.43 bits per heavy atom. The summed E-state index contributed by atoms with van der Waals surface area (Å²) in [6.45, 7) is 5.99. The fourth-order valence-electron chi connectivity index (χ4n) is 3.05. The minimum atomic E-state index is -0.417. The number of cyclic esters (lactones) is 1. The molecule has 8 heteroatoms. The van der Waals surface area contributed by atoms with Gasteiger partial charge in [0.15, 0.2) is 0 Å². The van der Waals surface area contributed by atoms with Gasteiger partial charge >= 0.3 is 38.8 Å². The van der Waals surface area contributed by atoms with Crippen LogP contribution in [0, 0.1) is 19.9 Å². The number of anilines is 1. The van der Waals surface area contributed by atoms with Crippen LogP contribution >= 0.6 is 0 Å². The number of nitrogens with one attached hydrogen (secondary N) is 1. The van der Waals surface area contributed by atoms with E-state index in [9.17, 15) is 9.59 Å². The molecule has 28 heavy (non-hydrogen) atoms. The first-order valence-corrected chi connectivity index (χ1v) is 8.65. The van der Waals surface area contributed by atoms with E-state index in [4.69, 9.17) is 9.47 Å². The average Bonchev–Trinajstić information content (AvgIpc) is 3.02. The molecule has 0 saturated carbocycles. The zero-order valence-electron chi connectivity index (χ0n) is 16.4. The molecule has 1 aliphatic rings. The van der Waals surface area contributed by atoms with Gasteiger partial charge in [-0.15, -0.1) is 28.8 Å². The Bertz CT molecular complexity index is 870. The number of rotatable bonds is 5. The summed E-state index contributed by atoms with van der Waals surface area (Å²) < 4.78 is 10.4. The first kappa shape index (κ1) is 22.3. The van der Waals surface area contributed by atoms with Gasteiger partial charge in [0.2, 0.25) is 11.8 Å². The van der Waals surface area contributed by atoms with Crippen molar-refractivity contribution in [2.24, 2.45) is 0 Å². The maximum atomic E-state index is 12.3. The quantitative estimate of drug-likeness (QED) is 0.699. The van der Waals surface area contributed by atoms with Gasteiger partial charge in [0, 0.05) is 6.92 Å². The first-order chi connectivity index (χ1) is 12.9. The molecule has 0 radical (unpaired) electrons. The molecule has 1 N–H and O–H groups in total. The minimum Gasteiger partial charge on any atom is -0.481 e. The van der Waals surface area contributed by atoms with Crippen molar-refractivity contribution in [1.82, 2.24) is 10.3 Å². The third-order valence-electron chi connectivity index (χ3n) is 4.42. The molecule has 2 heterocycles. The van der Waals surface area contributed by atoms with Crippen LogP contribution in [0.2, 0.25) is 0 Å². The van der Waals surface area contributed by atoms with E-state index in [2.05, 4.69) is 16.4 Å². The average molecular weight is 457 g/mol. The van der Waals surface area contributed by atoms with Gasteiger partial charge in [-0.2, -0.15) is 0 Å². The van der Waals surface area contributed by atoms with Crippen LogP contribution in [0.5, 0.6) is 5.88 Å². The summed E-state index contributed by atoms with van der Waals surface area (Å²) >= 11 is 0. The van der Waals surface area contributed by atoms with E-state index in [-0.39, 0.29) is 44.7 Å². The standard InChI is InChI=1S/C20H22N3O4.Y/c1-12-8-18(23-11-16(27-20(23)25)10-21-14(3)24)13(2)7-17(12)15-5-6-19(26-4)22-9-15;/h5-6,8-9,16H,10-11H2,1-4H3,(H,21,24);/q-1;+3. The smallest absolute Gasteiger partial charge is 0.481 e. The number of nitrogens with zero attached hydrogens (tertiary/aromatic N) is 2. The fraction of sp³-hybridized carbons (Fsp3) is 0.350. The molecule has 1 fully saturated rings. The topological polar surface area (TPSA) is 80.8 Å². The SMILES string of the molecule is COc1ccc(-c2[c-]c(C)c(N3CC(CNC(C)=O)OC3=O)cc2C)cn1.[Y+3]. The van der Waals surface area contributed by atoms with E-state index in [1.807, 2.05) is 26.0 Å². The second-order valence-corrected chi connectivity index (χ2v) is 6.48. The second-order valence-electron chi connectivity index (χ2n) is 6.48. The summed E-state index contributed by atoms with van der Waals surface area (Å²) in [4.78, 5) is 29.2. The number of hydrogen-bond acceptors (Lipinski definition) is 5. The largest absolute Gasteiger partial charge is 3.00 e. The van der Waals surface area contributed by atoms with Gasteiger partial charge in [0.1, 0.15) is 6.10 Å². The second kappa shape index (κ2) is 9.48. The Hall–Kier alpha value is -1.99. The van der Waals surface area contributed by atoms with Crippen LogP contribution in [0.25, 0.3) is 11.1 Å². The summed E-state index contributed by atoms with van der Waals surface area (Å²) in [6.07, 6.45) is 0.955. The van der Waals surface area contributed by atoms with Crippen LogP contribution in [0.1, 0.15) is 18.1 Å². The molecule has 3 rings (SSSR count). The first-order valence-electron chi connectivity index (χ1n) is 8.65. The van der Waals surface area contributed by atoms with Crippen LogP contribution in [0.15, 0.2) is 24.4 Å². The Balaban J connectivity index is 0.00000280. The van der Waals surface area contributed by atoms with Crippen LogP contribution < -0.4 is 15.0 Å². The van der Waals surface area contributed by atoms with Crippen LogP contribution in [-0.4, -0.2) is 43.3 Å². The Morgan fingerprint density at radius 2 is 2.18 bits per heavy atom. The van der Waals surface area contributed by atoms with E-state index in [0.29, 0.717) is 19.0 Å². The van der Waals surface area contributed by atoms with E-state index in [1.165, 1.54) is 6.92 Å². The molecule has 1 unspecified atom stereocenters. The van der Waals surface area contributed by atoms with E-state index < -0.39 is 6.09 Å². The molecule has 1 aromatic carbocycles. The van der Waals surface area contributed by atoms with Crippen molar-refractivity contribution >= 4 is 17.7 Å². The van der Waals surface area contributed by atoms with Gasteiger partial charge in [0.05, 0.1) is 20.2 Å². The van der Waals surface area contributed by atoms with Crippen molar-refractivity contribution in [1.29, 1.82) is 0 Å². The van der Waals surface area contributed by atoms with Crippen molar-refractivity contribution in [2.45, 2.75) is 26.9 Å². The molecule has 2 amide bonds. The van der Waals surface area contributed by atoms with Crippen LogP contribution in [0.4, 0.5) is 10.5 Å². The molecule has 0 aliphatic carbocycles. The predicted molar refractivity (Wildman–Crippen MR) is 101 cm³/mol. The number of benzene rings is 1. The third kappa shape index (κ3) is 4.89. The maximum Gasteiger partial charge on any atom is 3.00 e. The summed E-state index contributed by atoms with van der Waals surface area (Å²) in [5.41, 5.74) is 4.42. The number of carbonyl (C=O) groups is 2. The van der Waals surface area contributed by atoms with E-state index >= 15 is 0 Å². The van der Waals surface area contributed by atoms with Crippen molar-refractivity contribution in [2.75, 3.05) is 25.1 Å². The minimum absolute atomic E-state index is 0. The molecule has 7 nitrogen and oxygen atoms in total. The summed E-state index contributed by atoms with van der Waals surface area (Å²) in [5.74, 6) is 0.400. The molecule has 0 bridgehead atoms. The van der Waals surface area contributed by atoms with Crippen LogP contribution in [-0.2, 0) is 42.2 Å². The molecular formula is C20H22N3O4Y+2. The van der Waals surface area contributed by atoms with Crippen LogP contribution in [0.3, 0.4) is 0 Å². The Morgan fingerprint density at radius 3 is 2.79 bits per heavy atom. The zero-order chi connectivity index (χ0) is 19.6. The molecular weight excluding hydrogens is 435 g/mol. The third-order valence-corrected chi connectivity index (χ3v) is 4.42. The van der Waals surface area contributed by atoms with Gasteiger partial charge in [-0.25, -0.2) is 9.78 Å². The number of aromatic nitrogens is 1. The zero-order valence-corrected chi connectivity index (χ0v) is 19.2. The predicted octanol–water partition coefficient (Wildman–Crippen LogP) is 2.63. The summed E-state index contributed by atoms with van der Waals surface area (Å²) in [7, 11) is 1.58. The van der Waals surface area contributed by atoms with Gasteiger partial charge in [-0.05, 0) is 18.0 Å². The number of aryl methyl sites for hydroxylation is 2. The Labute approximate surface area is 189 Å². The van der Waals surface area contributed by atoms with Gasteiger partial charge in [0.25, 0.3) is 0 Å². The monoisotopic (exact) mass is 457 g/mol. The molecule has 1 saturated heterocycles. The van der Waals surface area contributed by atoms with Crippen molar-refractivity contribution in [3.63, 3.8) is 0 Å². The number of amides is 2. The number of ether oxygens (including phenoxy) is 2. The maximum absolute atomic E-state index is 12.3. The number of pyridine rings is 1. The normalized spacial score (nSPS) is 15.6. The van der Waals surface area contributed by atoms with Gasteiger partial charge in [-0.1, -0.05) is 25.5 Å². The number of hydrogen-bond donors (Lipinski definition) is 1. The molecule has 1 atom stereocenters. The number of methoxy groups -OCH3 is 1. The molecule has 1 aliphatic heterocycles. The van der Waals surface area contributed by atoms with Crippen molar-refractivity contribution < 1.29 is 51.8 Å². The van der Waals surface area contributed by atoms with E-state index in [0.717, 1.165) is 27.9 Å². The fourth-order valence-corrected chi connectivity index (χ4v) is 3.05. The van der Waals surface area contributed by atoms with Crippen molar-refractivity contribution in [3.8, 4) is 17.0 Å². The summed E-state index contributed by atoms with van der Waals surface area (Å²) in [6, 6.07) is 9.04. The summed E-state index contributed by atoms with van der Waals surface area (Å²) in [5, 5.41) is 2.68. The molecule has 0 spiro atoms. The van der Waals surface area contributed by atoms with E-state index in [1.54, 1.807) is 24.3 Å². The number of carbonyl (C=O) groups excluding carboxylic acids is 2. The molecule has 2 aromatic rings. The molecule has 1 aromatic heterocycles. The Kier molecular flexibility index (Phi) is 7.55. The molecule has 142 valence electrons. The van der Waals surface area contributed by atoms with Gasteiger partial charge in [-0.3, -0.25) is 4.79 Å². The van der Waals surface area contributed by atoms with Crippen molar-refractivity contribution in [3.05, 3.63) is 41.6 Å².